The zero-order valence-electron chi connectivity index (χ0n) is 11.3. The highest BCUT2D eigenvalue weighted by atomic mass is 35.5. The minimum Gasteiger partial charge on any atom is -0.402 e. The molecule has 0 atom stereocenters. The molecular weight excluding hydrogens is 300 g/mol. The van der Waals surface area contributed by atoms with E-state index in [0.717, 1.165) is 5.56 Å². The van der Waals surface area contributed by atoms with Crippen LogP contribution in [0.5, 0.6) is 0 Å². The van der Waals surface area contributed by atoms with Gasteiger partial charge in [0.2, 0.25) is 5.90 Å². The van der Waals surface area contributed by atoms with Gasteiger partial charge in [-0.25, -0.2) is 9.79 Å². The van der Waals surface area contributed by atoms with E-state index in [9.17, 15) is 4.79 Å². The Bertz CT molecular complexity index is 828. The monoisotopic (exact) mass is 308 g/mol. The highest BCUT2D eigenvalue weighted by Gasteiger charge is 2.23. The number of nitrogens with zero attached hydrogens (tertiary/aromatic N) is 2. The fourth-order valence-corrected chi connectivity index (χ4v) is 2.06. The second kappa shape index (κ2) is 5.84. The molecule has 0 amide bonds. The number of ether oxygens (including phenoxy) is 1. The van der Waals surface area contributed by atoms with E-state index in [1.807, 2.05) is 6.07 Å². The third-order valence-electron chi connectivity index (χ3n) is 3.05. The average molecular weight is 309 g/mol. The summed E-state index contributed by atoms with van der Waals surface area (Å²) in [6.07, 6.45) is 1.62. The molecule has 0 unspecified atom stereocenters. The lowest BCUT2D eigenvalue weighted by Gasteiger charge is -1.98. The topological polar surface area (TPSA) is 62.4 Å². The number of halogens is 1. The fraction of sp³-hybridized carbons (Fsp3) is 0. The van der Waals surface area contributed by atoms with Gasteiger partial charge >= 0.3 is 5.97 Å². The lowest BCUT2D eigenvalue weighted by molar-refractivity contribution is -0.129. The number of carbonyl (C=O) groups excluding carboxylic acids is 1. The quantitative estimate of drug-likeness (QED) is 0.629. The first-order valence-corrected chi connectivity index (χ1v) is 6.82. The lowest BCUT2D eigenvalue weighted by Crippen LogP contribution is -2.05. The van der Waals surface area contributed by atoms with E-state index in [0.29, 0.717) is 16.1 Å². The SMILES string of the molecule is N#Cc1ccc(/C=C2\N=C(c3ccc(Cl)cc3)OC2=O)cc1. The van der Waals surface area contributed by atoms with Gasteiger partial charge in [0.15, 0.2) is 5.70 Å². The molecule has 0 saturated heterocycles. The largest absolute Gasteiger partial charge is 0.402 e. The zero-order chi connectivity index (χ0) is 15.5. The van der Waals surface area contributed by atoms with Crippen molar-refractivity contribution in [3.63, 3.8) is 0 Å². The highest BCUT2D eigenvalue weighted by Crippen LogP contribution is 2.20. The molecule has 0 spiro atoms. The Hall–Kier alpha value is -2.90. The van der Waals surface area contributed by atoms with Crippen molar-refractivity contribution in [2.45, 2.75) is 0 Å². The van der Waals surface area contributed by atoms with E-state index in [1.54, 1.807) is 54.6 Å². The molecule has 0 aliphatic carbocycles. The van der Waals surface area contributed by atoms with E-state index in [4.69, 9.17) is 21.6 Å². The maximum Gasteiger partial charge on any atom is 0.363 e. The van der Waals surface area contributed by atoms with Gasteiger partial charge in [-0.15, -0.1) is 0 Å². The molecule has 0 fully saturated rings. The van der Waals surface area contributed by atoms with Crippen LogP contribution in [-0.4, -0.2) is 11.9 Å². The fourth-order valence-electron chi connectivity index (χ4n) is 1.94. The normalized spacial score (nSPS) is 15.4. The van der Waals surface area contributed by atoms with Crippen LogP contribution in [0.2, 0.25) is 5.02 Å². The van der Waals surface area contributed by atoms with E-state index in [2.05, 4.69) is 4.99 Å². The molecule has 4 nitrogen and oxygen atoms in total. The molecule has 1 heterocycles. The van der Waals surface area contributed by atoms with Gasteiger partial charge in [-0.3, -0.25) is 0 Å². The molecule has 1 aliphatic heterocycles. The predicted octanol–water partition coefficient (Wildman–Crippen LogP) is 3.56. The third kappa shape index (κ3) is 2.90. The molecule has 0 bridgehead atoms. The molecule has 2 aromatic carbocycles. The molecule has 2 aromatic rings. The first kappa shape index (κ1) is 14.1. The molecular formula is C17H9ClN2O2. The van der Waals surface area contributed by atoms with Crippen molar-refractivity contribution in [1.29, 1.82) is 5.26 Å². The van der Waals surface area contributed by atoms with Crippen molar-refractivity contribution in [2.24, 2.45) is 4.99 Å². The molecule has 0 saturated carbocycles. The lowest BCUT2D eigenvalue weighted by atomic mass is 10.1. The number of nitriles is 1. The Balaban J connectivity index is 1.90. The van der Waals surface area contributed by atoms with Crippen LogP contribution < -0.4 is 0 Å². The maximum absolute atomic E-state index is 11.9. The minimum absolute atomic E-state index is 0.217. The third-order valence-corrected chi connectivity index (χ3v) is 3.31. The number of aliphatic imine (C=N–C) groups is 1. The van der Waals surface area contributed by atoms with Crippen LogP contribution in [0.3, 0.4) is 0 Å². The second-order valence-electron chi connectivity index (χ2n) is 4.58. The number of hydrogen-bond donors (Lipinski definition) is 0. The van der Waals surface area contributed by atoms with Gasteiger partial charge in [0.05, 0.1) is 11.6 Å². The summed E-state index contributed by atoms with van der Waals surface area (Å²) in [6, 6.07) is 15.8. The summed E-state index contributed by atoms with van der Waals surface area (Å²) in [5.41, 5.74) is 2.23. The van der Waals surface area contributed by atoms with Gasteiger partial charge in [-0.05, 0) is 48.0 Å². The van der Waals surface area contributed by atoms with E-state index in [-0.39, 0.29) is 11.6 Å². The van der Waals surface area contributed by atoms with Crippen LogP contribution in [0.15, 0.2) is 59.2 Å². The molecule has 1 aliphatic rings. The van der Waals surface area contributed by atoms with Gasteiger partial charge in [0.1, 0.15) is 0 Å². The molecule has 0 aromatic heterocycles. The number of cyclic esters (lactones) is 1. The molecule has 3 rings (SSSR count). The number of hydrogen-bond acceptors (Lipinski definition) is 4. The summed E-state index contributed by atoms with van der Waals surface area (Å²) < 4.78 is 5.16. The summed E-state index contributed by atoms with van der Waals surface area (Å²) >= 11 is 5.83. The van der Waals surface area contributed by atoms with Crippen LogP contribution in [0, 0.1) is 11.3 Å². The highest BCUT2D eigenvalue weighted by molar-refractivity contribution is 6.30. The van der Waals surface area contributed by atoms with Gasteiger partial charge in [-0.2, -0.15) is 5.26 Å². The van der Waals surface area contributed by atoms with Gasteiger partial charge in [0.25, 0.3) is 0 Å². The summed E-state index contributed by atoms with van der Waals surface area (Å²) in [7, 11) is 0. The first-order chi connectivity index (χ1) is 10.7. The summed E-state index contributed by atoms with van der Waals surface area (Å²) in [5, 5.41) is 9.36. The van der Waals surface area contributed by atoms with Gasteiger partial charge in [-0.1, -0.05) is 23.7 Å². The van der Waals surface area contributed by atoms with Crippen molar-refractivity contribution in [3.05, 3.63) is 75.9 Å². The number of benzene rings is 2. The maximum atomic E-state index is 11.9. The standard InChI is InChI=1S/C17H9ClN2O2/c18-14-7-5-13(6-8-14)16-20-15(17(21)22-16)9-11-1-3-12(10-19)4-2-11/h1-9H/b15-9-. The van der Waals surface area contributed by atoms with E-state index in [1.165, 1.54) is 0 Å². The van der Waals surface area contributed by atoms with Gasteiger partial charge < -0.3 is 4.74 Å². The number of carbonyl (C=O) groups is 1. The second-order valence-corrected chi connectivity index (χ2v) is 5.01. The Kier molecular flexibility index (Phi) is 3.73. The Morgan fingerprint density at radius 2 is 1.77 bits per heavy atom. The zero-order valence-corrected chi connectivity index (χ0v) is 12.0. The van der Waals surface area contributed by atoms with E-state index >= 15 is 0 Å². The Morgan fingerprint density at radius 1 is 1.09 bits per heavy atom. The number of rotatable bonds is 2. The van der Waals surface area contributed by atoms with Crippen LogP contribution in [0.1, 0.15) is 16.7 Å². The Labute approximate surface area is 131 Å². The van der Waals surface area contributed by atoms with Crippen molar-refractivity contribution < 1.29 is 9.53 Å². The predicted molar refractivity (Wildman–Crippen MR) is 83.2 cm³/mol. The van der Waals surface area contributed by atoms with Crippen molar-refractivity contribution >= 4 is 29.5 Å². The Morgan fingerprint density at radius 3 is 2.41 bits per heavy atom. The van der Waals surface area contributed by atoms with Crippen LogP contribution in [0.4, 0.5) is 0 Å². The molecule has 22 heavy (non-hydrogen) atoms. The van der Waals surface area contributed by atoms with Crippen molar-refractivity contribution in [1.82, 2.24) is 0 Å². The van der Waals surface area contributed by atoms with E-state index < -0.39 is 5.97 Å². The minimum atomic E-state index is -0.505. The van der Waals surface area contributed by atoms with Crippen LogP contribution >= 0.6 is 11.6 Å². The van der Waals surface area contributed by atoms with Crippen LogP contribution in [0.25, 0.3) is 6.08 Å². The average Bonchev–Trinajstić information content (AvgIpc) is 2.90. The summed E-state index contributed by atoms with van der Waals surface area (Å²) in [5.74, 6) is -0.254. The molecule has 0 N–H and O–H groups in total. The molecule has 106 valence electrons. The molecule has 0 radical (unpaired) electrons. The molecule has 5 heteroatoms. The van der Waals surface area contributed by atoms with Crippen molar-refractivity contribution in [3.8, 4) is 6.07 Å². The van der Waals surface area contributed by atoms with Crippen molar-refractivity contribution in [2.75, 3.05) is 0 Å². The number of esters is 1. The first-order valence-electron chi connectivity index (χ1n) is 6.44. The van der Waals surface area contributed by atoms with Crippen LogP contribution in [-0.2, 0) is 9.53 Å². The smallest absolute Gasteiger partial charge is 0.363 e. The summed E-state index contributed by atoms with van der Waals surface area (Å²) in [4.78, 5) is 16.1. The van der Waals surface area contributed by atoms with Gasteiger partial charge in [0, 0.05) is 10.6 Å². The summed E-state index contributed by atoms with van der Waals surface area (Å²) in [6.45, 7) is 0.